The molecule has 0 spiro atoms. The van der Waals surface area contributed by atoms with E-state index in [2.05, 4.69) is 107 Å². The molecular weight excluding hydrogens is 446 g/mol. The number of benzene rings is 2. The van der Waals surface area contributed by atoms with Crippen molar-refractivity contribution in [3.63, 3.8) is 0 Å². The van der Waals surface area contributed by atoms with E-state index in [1.165, 1.54) is 22.3 Å². The molecule has 4 rings (SSSR count). The molecule has 0 N–H and O–H groups in total. The van der Waals surface area contributed by atoms with Crippen molar-refractivity contribution in [2.45, 2.75) is 71.6 Å². The molecule has 2 nitrogen and oxygen atoms in total. The molecule has 0 amide bonds. The third-order valence-electron chi connectivity index (χ3n) is 6.36. The molecule has 31 heavy (non-hydrogen) atoms. The molecule has 162 valence electrons. The minimum atomic E-state index is -0.211. The zero-order valence-corrected chi connectivity index (χ0v) is 21.4. The van der Waals surface area contributed by atoms with Gasteiger partial charge in [0.05, 0.1) is 10.2 Å². The van der Waals surface area contributed by atoms with Crippen LogP contribution in [0.5, 0.6) is 11.5 Å². The lowest BCUT2D eigenvalue weighted by atomic mass is 9.71. The summed E-state index contributed by atoms with van der Waals surface area (Å²) in [5.41, 5.74) is 6.87. The predicted molar refractivity (Wildman–Crippen MR) is 133 cm³/mol. The highest BCUT2D eigenvalue weighted by molar-refractivity contribution is 9.10. The first kappa shape index (κ1) is 22.1. The van der Waals surface area contributed by atoms with Crippen LogP contribution >= 0.6 is 15.9 Å². The molecule has 2 heterocycles. The van der Waals surface area contributed by atoms with Crippen LogP contribution in [0.4, 0.5) is 0 Å². The van der Waals surface area contributed by atoms with Crippen molar-refractivity contribution in [3.8, 4) is 22.8 Å². The molecule has 1 aliphatic heterocycles. The van der Waals surface area contributed by atoms with Crippen molar-refractivity contribution in [3.05, 3.63) is 75.4 Å². The van der Waals surface area contributed by atoms with Crippen LogP contribution in [0.15, 0.2) is 53.1 Å². The Hall–Kier alpha value is -2.13. The first-order valence-electron chi connectivity index (χ1n) is 10.9. The molecule has 0 saturated carbocycles. The topological polar surface area (TPSA) is 22.1 Å². The summed E-state index contributed by atoms with van der Waals surface area (Å²) >= 11 is 3.82. The summed E-state index contributed by atoms with van der Waals surface area (Å²) in [5.74, 6) is 1.82. The number of fused-ring (bicyclic) bond motifs is 2. The Bertz CT molecular complexity index is 1150. The number of pyridine rings is 1. The number of aromatic nitrogens is 1. The molecule has 0 saturated heterocycles. The van der Waals surface area contributed by atoms with Gasteiger partial charge in [-0.25, -0.2) is 0 Å². The summed E-state index contributed by atoms with van der Waals surface area (Å²) in [6.07, 6.45) is 1.85. The van der Waals surface area contributed by atoms with Gasteiger partial charge >= 0.3 is 0 Å². The molecule has 0 radical (unpaired) electrons. The number of hydrogen-bond donors (Lipinski definition) is 0. The summed E-state index contributed by atoms with van der Waals surface area (Å²) in [6.45, 7) is 18.1. The second kappa shape index (κ2) is 7.20. The van der Waals surface area contributed by atoms with Crippen LogP contribution in [0.3, 0.4) is 0 Å². The van der Waals surface area contributed by atoms with Gasteiger partial charge in [-0.3, -0.25) is 4.98 Å². The van der Waals surface area contributed by atoms with Gasteiger partial charge in [0, 0.05) is 28.3 Å². The third-order valence-corrected chi connectivity index (χ3v) is 6.95. The highest BCUT2D eigenvalue weighted by Gasteiger charge is 2.39. The molecule has 0 fully saturated rings. The maximum absolute atomic E-state index is 6.68. The quantitative estimate of drug-likeness (QED) is 0.350. The standard InChI is InChI=1S/C28H32BrNO/c1-26(2,3)17-13-19(23-11-9-10-12-30-23)24-20(14-17)28(7,8)21-15-18(27(4,5)6)16-22(29)25(21)31-24/h9-16H,1-8H3. The normalized spacial score (nSPS) is 15.1. The van der Waals surface area contributed by atoms with E-state index in [-0.39, 0.29) is 16.2 Å². The molecule has 0 bridgehead atoms. The number of rotatable bonds is 1. The van der Waals surface area contributed by atoms with Gasteiger partial charge in [0.2, 0.25) is 0 Å². The Morgan fingerprint density at radius 1 is 0.806 bits per heavy atom. The Balaban J connectivity index is 2.04. The molecule has 3 heteroatoms. The average molecular weight is 478 g/mol. The number of nitrogens with zero attached hydrogens (tertiary/aromatic N) is 1. The van der Waals surface area contributed by atoms with E-state index in [4.69, 9.17) is 4.74 Å². The molecule has 1 aromatic heterocycles. The summed E-state index contributed by atoms with van der Waals surface area (Å²) < 4.78 is 7.68. The second-order valence-corrected chi connectivity index (χ2v) is 12.0. The van der Waals surface area contributed by atoms with E-state index in [9.17, 15) is 0 Å². The Kier molecular flexibility index (Phi) is 5.13. The van der Waals surface area contributed by atoms with Crippen LogP contribution < -0.4 is 4.74 Å². The van der Waals surface area contributed by atoms with Gasteiger partial charge in [0.25, 0.3) is 0 Å². The van der Waals surface area contributed by atoms with E-state index in [0.29, 0.717) is 0 Å². The van der Waals surface area contributed by atoms with Gasteiger partial charge < -0.3 is 4.74 Å². The Morgan fingerprint density at radius 2 is 1.39 bits per heavy atom. The van der Waals surface area contributed by atoms with Crippen LogP contribution in [0.1, 0.15) is 77.6 Å². The number of halogens is 1. The van der Waals surface area contributed by atoms with Crippen LogP contribution in [0.2, 0.25) is 0 Å². The van der Waals surface area contributed by atoms with Crippen LogP contribution in [-0.4, -0.2) is 4.98 Å². The van der Waals surface area contributed by atoms with Crippen LogP contribution in [-0.2, 0) is 16.2 Å². The van der Waals surface area contributed by atoms with E-state index in [1.807, 2.05) is 18.3 Å². The fourth-order valence-electron chi connectivity index (χ4n) is 4.19. The number of hydrogen-bond acceptors (Lipinski definition) is 2. The summed E-state index contributed by atoms with van der Waals surface area (Å²) in [6, 6.07) is 15.2. The lowest BCUT2D eigenvalue weighted by molar-refractivity contribution is 0.413. The van der Waals surface area contributed by atoms with Gasteiger partial charge in [-0.15, -0.1) is 0 Å². The number of ether oxygens (including phenoxy) is 1. The SMILES string of the molecule is CC(C)(C)c1cc(Br)c2c(c1)C(C)(C)c1cc(C(C)(C)C)cc(-c3ccccn3)c1O2. The fourth-order valence-corrected chi connectivity index (χ4v) is 4.73. The lowest BCUT2D eigenvalue weighted by Gasteiger charge is -2.38. The first-order valence-corrected chi connectivity index (χ1v) is 11.7. The Morgan fingerprint density at radius 3 is 1.94 bits per heavy atom. The van der Waals surface area contributed by atoms with Crippen molar-refractivity contribution < 1.29 is 4.74 Å². The van der Waals surface area contributed by atoms with Gasteiger partial charge in [-0.1, -0.05) is 73.6 Å². The summed E-state index contributed by atoms with van der Waals surface area (Å²) in [7, 11) is 0. The highest BCUT2D eigenvalue weighted by Crippen LogP contribution is 2.55. The third kappa shape index (κ3) is 3.82. The molecule has 0 atom stereocenters. The highest BCUT2D eigenvalue weighted by atomic mass is 79.9. The van der Waals surface area contributed by atoms with Gasteiger partial charge in [-0.2, -0.15) is 0 Å². The minimum absolute atomic E-state index is 0.0166. The molecule has 0 unspecified atom stereocenters. The van der Waals surface area contributed by atoms with E-state index in [0.717, 1.165) is 27.2 Å². The second-order valence-electron chi connectivity index (χ2n) is 11.2. The van der Waals surface area contributed by atoms with Crippen molar-refractivity contribution in [1.82, 2.24) is 4.98 Å². The molecule has 1 aliphatic rings. The zero-order valence-electron chi connectivity index (χ0n) is 19.9. The Labute approximate surface area is 195 Å². The van der Waals surface area contributed by atoms with E-state index < -0.39 is 0 Å². The molecule has 0 aliphatic carbocycles. The molecule has 2 aromatic carbocycles. The van der Waals surface area contributed by atoms with Gasteiger partial charge in [0.15, 0.2) is 0 Å². The van der Waals surface area contributed by atoms with Gasteiger partial charge in [0.1, 0.15) is 11.5 Å². The van der Waals surface area contributed by atoms with Gasteiger partial charge in [-0.05, 0) is 62.2 Å². The minimum Gasteiger partial charge on any atom is -0.455 e. The fraction of sp³-hybridized carbons (Fsp3) is 0.393. The van der Waals surface area contributed by atoms with Crippen molar-refractivity contribution >= 4 is 15.9 Å². The average Bonchev–Trinajstić information content (AvgIpc) is 2.67. The molecule has 3 aromatic rings. The van der Waals surface area contributed by atoms with E-state index >= 15 is 0 Å². The first-order chi connectivity index (χ1) is 14.3. The molecular formula is C28H32BrNO. The maximum atomic E-state index is 6.68. The zero-order chi connectivity index (χ0) is 22.8. The predicted octanol–water partition coefficient (Wildman–Crippen LogP) is 8.54. The van der Waals surface area contributed by atoms with Crippen molar-refractivity contribution in [1.29, 1.82) is 0 Å². The largest absolute Gasteiger partial charge is 0.455 e. The van der Waals surface area contributed by atoms with Crippen molar-refractivity contribution in [2.75, 3.05) is 0 Å². The van der Waals surface area contributed by atoms with Crippen LogP contribution in [0, 0.1) is 0 Å². The summed E-state index contributed by atoms with van der Waals surface area (Å²) in [4.78, 5) is 4.66. The van der Waals surface area contributed by atoms with E-state index in [1.54, 1.807) is 0 Å². The van der Waals surface area contributed by atoms with Crippen molar-refractivity contribution in [2.24, 2.45) is 0 Å². The lowest BCUT2D eigenvalue weighted by Crippen LogP contribution is -2.27. The summed E-state index contributed by atoms with van der Waals surface area (Å²) in [5, 5.41) is 0. The monoisotopic (exact) mass is 477 g/mol. The maximum Gasteiger partial charge on any atom is 0.145 e. The smallest absolute Gasteiger partial charge is 0.145 e. The van der Waals surface area contributed by atoms with Crippen LogP contribution in [0.25, 0.3) is 11.3 Å².